The van der Waals surface area contributed by atoms with Gasteiger partial charge in [0.2, 0.25) is 5.91 Å². The summed E-state index contributed by atoms with van der Waals surface area (Å²) in [5.41, 5.74) is 1.13. The lowest BCUT2D eigenvalue weighted by Gasteiger charge is -2.15. The summed E-state index contributed by atoms with van der Waals surface area (Å²) >= 11 is 2.96. The van der Waals surface area contributed by atoms with E-state index in [1.807, 2.05) is 16.8 Å². The van der Waals surface area contributed by atoms with Crippen LogP contribution in [0.3, 0.4) is 0 Å². The van der Waals surface area contributed by atoms with E-state index in [2.05, 4.69) is 5.32 Å². The van der Waals surface area contributed by atoms with Gasteiger partial charge in [-0.05, 0) is 47.4 Å². The maximum absolute atomic E-state index is 12.3. The number of nitrogens with one attached hydrogen (secondary N) is 1. The van der Waals surface area contributed by atoms with E-state index in [1.165, 1.54) is 11.3 Å². The summed E-state index contributed by atoms with van der Waals surface area (Å²) in [4.78, 5) is 26.4. The van der Waals surface area contributed by atoms with Gasteiger partial charge in [0.25, 0.3) is 5.91 Å². The van der Waals surface area contributed by atoms with Crippen molar-refractivity contribution in [1.82, 2.24) is 4.90 Å². The van der Waals surface area contributed by atoms with Crippen LogP contribution in [0.25, 0.3) is 0 Å². The van der Waals surface area contributed by atoms with Crippen molar-refractivity contribution in [3.63, 3.8) is 0 Å². The second-order valence-electron chi connectivity index (χ2n) is 5.22. The van der Waals surface area contributed by atoms with Gasteiger partial charge in [-0.2, -0.15) is 11.3 Å². The van der Waals surface area contributed by atoms with Crippen LogP contribution in [-0.2, 0) is 11.3 Å². The molecular weight excluding hydrogens is 304 g/mol. The Morgan fingerprint density at radius 3 is 2.81 bits per heavy atom. The number of hydrogen-bond acceptors (Lipinski definition) is 4. The van der Waals surface area contributed by atoms with Gasteiger partial charge >= 0.3 is 0 Å². The molecule has 0 atom stereocenters. The van der Waals surface area contributed by atoms with Crippen LogP contribution in [0.4, 0.5) is 5.00 Å². The fraction of sp³-hybridized carbons (Fsp3) is 0.333. The average Bonchev–Trinajstić information content (AvgIpc) is 3.01. The van der Waals surface area contributed by atoms with E-state index in [4.69, 9.17) is 0 Å². The minimum atomic E-state index is -0.0156. The minimum Gasteiger partial charge on any atom is -0.337 e. The summed E-state index contributed by atoms with van der Waals surface area (Å²) in [6.07, 6.45) is 1.96. The van der Waals surface area contributed by atoms with Gasteiger partial charge in [0.15, 0.2) is 0 Å². The van der Waals surface area contributed by atoms with Gasteiger partial charge in [-0.1, -0.05) is 0 Å². The third kappa shape index (κ3) is 3.51. The van der Waals surface area contributed by atoms with Crippen molar-refractivity contribution in [1.29, 1.82) is 0 Å². The van der Waals surface area contributed by atoms with Gasteiger partial charge in [0.1, 0.15) is 0 Å². The molecule has 0 saturated heterocycles. The van der Waals surface area contributed by atoms with Crippen molar-refractivity contribution in [2.45, 2.75) is 19.4 Å². The van der Waals surface area contributed by atoms with Crippen LogP contribution in [0, 0.1) is 5.92 Å². The number of amides is 2. The van der Waals surface area contributed by atoms with Crippen LogP contribution in [0.5, 0.6) is 0 Å². The molecule has 0 aromatic carbocycles. The van der Waals surface area contributed by atoms with Gasteiger partial charge in [-0.15, -0.1) is 11.3 Å². The number of anilines is 1. The van der Waals surface area contributed by atoms with Crippen LogP contribution in [-0.4, -0.2) is 23.8 Å². The molecule has 0 aliphatic heterocycles. The molecule has 0 bridgehead atoms. The Kier molecular flexibility index (Phi) is 4.07. The molecule has 1 fully saturated rings. The number of carbonyl (C=O) groups excluding carboxylic acids is 2. The zero-order valence-electron chi connectivity index (χ0n) is 11.7. The van der Waals surface area contributed by atoms with Gasteiger partial charge in [-0.25, -0.2) is 0 Å². The Hall–Kier alpha value is -1.66. The standard InChI is InChI=1S/C15H16N2O2S2/c1-17(8-10-6-7-20-9-10)15(19)12-4-5-13(21-12)16-14(18)11-2-3-11/h4-7,9,11H,2-3,8H2,1H3,(H,16,18). The largest absolute Gasteiger partial charge is 0.337 e. The van der Waals surface area contributed by atoms with E-state index in [0.717, 1.165) is 23.4 Å². The molecule has 0 radical (unpaired) electrons. The van der Waals surface area contributed by atoms with Crippen molar-refractivity contribution in [2.24, 2.45) is 5.92 Å². The quantitative estimate of drug-likeness (QED) is 0.917. The second-order valence-corrected chi connectivity index (χ2v) is 7.08. The molecule has 1 aliphatic rings. The highest BCUT2D eigenvalue weighted by molar-refractivity contribution is 7.18. The highest BCUT2D eigenvalue weighted by atomic mass is 32.1. The number of carbonyl (C=O) groups is 2. The summed E-state index contributed by atoms with van der Waals surface area (Å²) in [6, 6.07) is 5.60. The fourth-order valence-corrected chi connectivity index (χ4v) is 3.57. The average molecular weight is 320 g/mol. The molecule has 2 aromatic heterocycles. The first-order valence-electron chi connectivity index (χ1n) is 6.81. The summed E-state index contributed by atoms with van der Waals surface area (Å²) in [7, 11) is 1.79. The molecule has 4 nitrogen and oxygen atoms in total. The number of rotatable bonds is 5. The molecular formula is C15H16N2O2S2. The van der Waals surface area contributed by atoms with Gasteiger partial charge in [0.05, 0.1) is 9.88 Å². The molecule has 110 valence electrons. The molecule has 1 saturated carbocycles. The summed E-state index contributed by atoms with van der Waals surface area (Å²) in [5, 5.41) is 7.67. The first kappa shape index (κ1) is 14.3. The monoisotopic (exact) mass is 320 g/mol. The van der Waals surface area contributed by atoms with Crippen LogP contribution in [0.15, 0.2) is 29.0 Å². The SMILES string of the molecule is CN(Cc1ccsc1)C(=O)c1ccc(NC(=O)C2CC2)s1. The van der Waals surface area contributed by atoms with Crippen LogP contribution in [0.1, 0.15) is 28.1 Å². The van der Waals surface area contributed by atoms with Gasteiger partial charge < -0.3 is 10.2 Å². The van der Waals surface area contributed by atoms with Crippen molar-refractivity contribution >= 4 is 39.5 Å². The maximum atomic E-state index is 12.3. The molecule has 0 unspecified atom stereocenters. The number of thiophene rings is 2. The fourth-order valence-electron chi connectivity index (χ4n) is 2.01. The first-order chi connectivity index (χ1) is 10.1. The highest BCUT2D eigenvalue weighted by Gasteiger charge is 2.30. The van der Waals surface area contributed by atoms with E-state index in [9.17, 15) is 9.59 Å². The first-order valence-corrected chi connectivity index (χ1v) is 8.56. The molecule has 6 heteroatoms. The molecule has 2 heterocycles. The Labute approximate surface area is 131 Å². The molecule has 21 heavy (non-hydrogen) atoms. The van der Waals surface area contributed by atoms with E-state index in [-0.39, 0.29) is 17.7 Å². The van der Waals surface area contributed by atoms with E-state index < -0.39 is 0 Å². The topological polar surface area (TPSA) is 49.4 Å². The van der Waals surface area contributed by atoms with Crippen LogP contribution in [0.2, 0.25) is 0 Å². The number of nitrogens with zero attached hydrogens (tertiary/aromatic N) is 1. The van der Waals surface area contributed by atoms with Crippen LogP contribution >= 0.6 is 22.7 Å². The van der Waals surface area contributed by atoms with Crippen molar-refractivity contribution in [2.75, 3.05) is 12.4 Å². The molecule has 2 aromatic rings. The molecule has 1 N–H and O–H groups in total. The Balaban J connectivity index is 1.61. The summed E-state index contributed by atoms with van der Waals surface area (Å²) in [5.74, 6) is 0.230. The van der Waals surface area contributed by atoms with E-state index in [0.29, 0.717) is 11.4 Å². The smallest absolute Gasteiger partial charge is 0.264 e. The Morgan fingerprint density at radius 1 is 1.33 bits per heavy atom. The Morgan fingerprint density at radius 2 is 2.14 bits per heavy atom. The molecule has 1 aliphatic carbocycles. The zero-order chi connectivity index (χ0) is 14.8. The summed E-state index contributed by atoms with van der Waals surface area (Å²) < 4.78 is 0. The predicted molar refractivity (Wildman–Crippen MR) is 85.8 cm³/mol. The van der Waals surface area contributed by atoms with Crippen LogP contribution < -0.4 is 5.32 Å². The molecule has 0 spiro atoms. The van der Waals surface area contributed by atoms with Crippen molar-refractivity contribution in [3.8, 4) is 0 Å². The van der Waals surface area contributed by atoms with Crippen molar-refractivity contribution in [3.05, 3.63) is 39.4 Å². The van der Waals surface area contributed by atoms with E-state index in [1.54, 1.807) is 35.4 Å². The highest BCUT2D eigenvalue weighted by Crippen LogP contribution is 2.31. The minimum absolute atomic E-state index is 0.0156. The molecule has 2 amide bonds. The lowest BCUT2D eigenvalue weighted by atomic mass is 10.3. The normalized spacial score (nSPS) is 14.0. The predicted octanol–water partition coefficient (Wildman–Crippen LogP) is 3.43. The maximum Gasteiger partial charge on any atom is 0.264 e. The Bertz CT molecular complexity index is 644. The zero-order valence-corrected chi connectivity index (χ0v) is 13.3. The van der Waals surface area contributed by atoms with Gasteiger partial charge in [-0.3, -0.25) is 9.59 Å². The second kappa shape index (κ2) is 5.99. The van der Waals surface area contributed by atoms with Gasteiger partial charge in [0, 0.05) is 19.5 Å². The van der Waals surface area contributed by atoms with Crippen molar-refractivity contribution < 1.29 is 9.59 Å². The lowest BCUT2D eigenvalue weighted by molar-refractivity contribution is -0.117. The molecule has 3 rings (SSSR count). The number of hydrogen-bond donors (Lipinski definition) is 1. The van der Waals surface area contributed by atoms with E-state index >= 15 is 0 Å². The lowest BCUT2D eigenvalue weighted by Crippen LogP contribution is -2.25. The summed E-state index contributed by atoms with van der Waals surface area (Å²) in [6.45, 7) is 0.601. The third-order valence-corrected chi connectivity index (χ3v) is 5.08. The third-order valence-electron chi connectivity index (χ3n) is 3.36.